The number of hydrogen-bond acceptors (Lipinski definition) is 5. The average Bonchev–Trinajstić information content (AvgIpc) is 3.28. The van der Waals surface area contributed by atoms with Gasteiger partial charge >= 0.3 is 6.18 Å². The fourth-order valence-electron chi connectivity index (χ4n) is 3.01. The molecule has 0 radical (unpaired) electrons. The van der Waals surface area contributed by atoms with Crippen molar-refractivity contribution in [2.45, 2.75) is 38.9 Å². The van der Waals surface area contributed by atoms with Crippen LogP contribution in [0.2, 0.25) is 0 Å². The zero-order chi connectivity index (χ0) is 21.9. The third-order valence-electron chi connectivity index (χ3n) is 4.69. The number of nitrogens with one attached hydrogen (secondary N) is 2. The first-order valence-corrected chi connectivity index (χ1v) is 10.2. The summed E-state index contributed by atoms with van der Waals surface area (Å²) in [5.74, 6) is -0.00352. The largest absolute Gasteiger partial charge is 0.412 e. The quantitative estimate of drug-likeness (QED) is 0.540. The molecule has 0 spiro atoms. The van der Waals surface area contributed by atoms with Gasteiger partial charge in [0.1, 0.15) is 0 Å². The lowest BCUT2D eigenvalue weighted by Gasteiger charge is -2.12. The summed E-state index contributed by atoms with van der Waals surface area (Å²) in [5.41, 5.74) is 9.04. The maximum atomic E-state index is 12.5. The molecule has 0 aliphatic carbocycles. The van der Waals surface area contributed by atoms with Gasteiger partial charge in [0.15, 0.2) is 5.13 Å². The van der Waals surface area contributed by atoms with Crippen LogP contribution in [0.4, 0.5) is 24.0 Å². The Bertz CT molecular complexity index is 994. The number of fused-ring (bicyclic) bond motifs is 1. The third-order valence-corrected chi connectivity index (χ3v) is 5.69. The predicted molar refractivity (Wildman–Crippen MR) is 115 cm³/mol. The van der Waals surface area contributed by atoms with Crippen LogP contribution in [-0.4, -0.2) is 29.7 Å². The number of alkyl halides is 3. The molecular weight excluding hydrogens is 413 g/mol. The number of carbonyl (C=O) groups excluding carboxylic acids is 1. The molecule has 1 amide bonds. The molecule has 1 aromatic heterocycles. The van der Waals surface area contributed by atoms with Crippen molar-refractivity contribution in [3.8, 4) is 10.4 Å². The first kappa shape index (κ1) is 22.0. The van der Waals surface area contributed by atoms with Gasteiger partial charge in [-0.2, -0.15) is 13.2 Å². The van der Waals surface area contributed by atoms with E-state index < -0.39 is 11.7 Å². The molecule has 0 unspecified atom stereocenters. The lowest BCUT2D eigenvalue weighted by molar-refractivity contribution is -0.115. The Labute approximate surface area is 176 Å². The number of aromatic nitrogens is 1. The van der Waals surface area contributed by atoms with E-state index in [4.69, 9.17) is 5.73 Å². The topological polar surface area (TPSA) is 80.0 Å². The predicted octanol–water partition coefficient (Wildman–Crippen LogP) is 4.89. The maximum Gasteiger partial charge on any atom is 0.412 e. The van der Waals surface area contributed by atoms with Crippen molar-refractivity contribution in [3.63, 3.8) is 0 Å². The van der Waals surface area contributed by atoms with Crippen LogP contribution in [0.15, 0.2) is 47.7 Å². The van der Waals surface area contributed by atoms with Crippen LogP contribution in [0.5, 0.6) is 0 Å². The minimum absolute atomic E-state index is 0.00352. The lowest BCUT2D eigenvalue weighted by atomic mass is 10.1. The molecule has 1 aromatic carbocycles. The van der Waals surface area contributed by atoms with E-state index in [1.807, 2.05) is 18.2 Å². The SMILES string of the molecule is C/C(=C\C=C(/C)C(F)(F)F)C[C@H](N)CNc1ncc(-c2ccc3c(c2)CC(=O)N3)s1. The number of nitrogens with zero attached hydrogens (tertiary/aromatic N) is 1. The highest BCUT2D eigenvalue weighted by atomic mass is 32.1. The van der Waals surface area contributed by atoms with E-state index in [1.54, 1.807) is 13.1 Å². The maximum absolute atomic E-state index is 12.5. The molecule has 1 aliphatic heterocycles. The molecule has 4 N–H and O–H groups in total. The van der Waals surface area contributed by atoms with Gasteiger partial charge < -0.3 is 16.4 Å². The zero-order valence-electron chi connectivity index (χ0n) is 16.6. The number of allylic oxidation sites excluding steroid dienone is 3. The fraction of sp³-hybridized carbons (Fsp3) is 0.333. The third kappa shape index (κ3) is 5.70. The highest BCUT2D eigenvalue weighted by molar-refractivity contribution is 7.18. The Morgan fingerprint density at radius 3 is 2.87 bits per heavy atom. The lowest BCUT2D eigenvalue weighted by Crippen LogP contribution is -2.29. The summed E-state index contributed by atoms with van der Waals surface area (Å²) in [6.07, 6.45) is 0.833. The molecule has 1 aliphatic rings. The van der Waals surface area contributed by atoms with Crippen molar-refractivity contribution >= 4 is 28.1 Å². The van der Waals surface area contributed by atoms with E-state index in [1.165, 1.54) is 17.4 Å². The second-order valence-electron chi connectivity index (χ2n) is 7.33. The Morgan fingerprint density at radius 1 is 1.37 bits per heavy atom. The molecule has 160 valence electrons. The number of carbonyl (C=O) groups is 1. The molecular formula is C21H23F3N4OS. The van der Waals surface area contributed by atoms with Crippen molar-refractivity contribution < 1.29 is 18.0 Å². The smallest absolute Gasteiger partial charge is 0.360 e. The van der Waals surface area contributed by atoms with E-state index in [0.717, 1.165) is 40.3 Å². The summed E-state index contributed by atoms with van der Waals surface area (Å²) < 4.78 is 37.6. The van der Waals surface area contributed by atoms with Gasteiger partial charge in [0.25, 0.3) is 0 Å². The summed E-state index contributed by atoms with van der Waals surface area (Å²) in [5, 5.41) is 6.71. The number of benzene rings is 1. The second-order valence-corrected chi connectivity index (χ2v) is 8.36. The van der Waals surface area contributed by atoms with Gasteiger partial charge in [-0.05, 0) is 43.5 Å². The van der Waals surface area contributed by atoms with Crippen LogP contribution < -0.4 is 16.4 Å². The van der Waals surface area contributed by atoms with Crippen molar-refractivity contribution in [2.75, 3.05) is 17.2 Å². The van der Waals surface area contributed by atoms with Gasteiger partial charge in [0.05, 0.1) is 11.3 Å². The van der Waals surface area contributed by atoms with Crippen molar-refractivity contribution in [3.05, 3.63) is 53.3 Å². The summed E-state index contributed by atoms with van der Waals surface area (Å²) in [7, 11) is 0. The molecule has 0 saturated heterocycles. The Balaban J connectivity index is 1.54. The molecule has 5 nitrogen and oxygen atoms in total. The fourth-order valence-corrected chi connectivity index (χ4v) is 3.83. The van der Waals surface area contributed by atoms with Crippen LogP contribution in [0, 0.1) is 0 Å². The van der Waals surface area contributed by atoms with Gasteiger partial charge in [0.2, 0.25) is 5.91 Å². The van der Waals surface area contributed by atoms with E-state index in [0.29, 0.717) is 24.5 Å². The van der Waals surface area contributed by atoms with Crippen LogP contribution in [0.1, 0.15) is 25.8 Å². The number of rotatable bonds is 7. The van der Waals surface area contributed by atoms with Gasteiger partial charge in [-0.1, -0.05) is 35.1 Å². The standard InChI is InChI=1S/C21H23F3N4OS/c1-12(3-4-13(2)21(22,23)24)7-16(25)10-26-20-27-11-18(30-20)14-5-6-17-15(8-14)9-19(29)28-17/h3-6,8,11,16H,7,9-10,25H2,1-2H3,(H,26,27)(H,28,29)/b12-3+,13-4+/t16-/m0/s1. The molecule has 1 atom stereocenters. The molecule has 2 aromatic rings. The first-order chi connectivity index (χ1) is 14.1. The first-order valence-electron chi connectivity index (χ1n) is 9.41. The van der Waals surface area contributed by atoms with Gasteiger partial charge in [-0.25, -0.2) is 4.98 Å². The summed E-state index contributed by atoms with van der Waals surface area (Å²) in [6.45, 7) is 3.25. The van der Waals surface area contributed by atoms with Gasteiger partial charge in [0, 0.05) is 30.0 Å². The summed E-state index contributed by atoms with van der Waals surface area (Å²) >= 11 is 1.48. The number of thiazole rings is 1. The van der Waals surface area contributed by atoms with Crippen LogP contribution >= 0.6 is 11.3 Å². The van der Waals surface area contributed by atoms with Crippen LogP contribution in [-0.2, 0) is 11.2 Å². The van der Waals surface area contributed by atoms with Gasteiger partial charge in [-0.15, -0.1) is 0 Å². The molecule has 0 saturated carbocycles. The zero-order valence-corrected chi connectivity index (χ0v) is 17.5. The van der Waals surface area contributed by atoms with Crippen molar-refractivity contribution in [2.24, 2.45) is 5.73 Å². The molecule has 9 heteroatoms. The van der Waals surface area contributed by atoms with Crippen LogP contribution in [0.25, 0.3) is 10.4 Å². The second kappa shape index (κ2) is 9.01. The average molecular weight is 437 g/mol. The number of halogens is 3. The van der Waals surface area contributed by atoms with E-state index in [9.17, 15) is 18.0 Å². The minimum Gasteiger partial charge on any atom is -0.360 e. The highest BCUT2D eigenvalue weighted by Crippen LogP contribution is 2.33. The number of anilines is 2. The molecule has 2 heterocycles. The number of hydrogen-bond donors (Lipinski definition) is 3. The summed E-state index contributed by atoms with van der Waals surface area (Å²) in [6, 6.07) is 5.56. The molecule has 3 rings (SSSR count). The Morgan fingerprint density at radius 2 is 2.13 bits per heavy atom. The van der Waals surface area contributed by atoms with Crippen LogP contribution in [0.3, 0.4) is 0 Å². The Hall–Kier alpha value is -2.65. The highest BCUT2D eigenvalue weighted by Gasteiger charge is 2.29. The molecule has 30 heavy (non-hydrogen) atoms. The van der Waals surface area contributed by atoms with Crippen molar-refractivity contribution in [1.29, 1.82) is 0 Å². The van der Waals surface area contributed by atoms with E-state index in [-0.39, 0.29) is 11.9 Å². The van der Waals surface area contributed by atoms with E-state index in [2.05, 4.69) is 15.6 Å². The monoisotopic (exact) mass is 436 g/mol. The minimum atomic E-state index is -4.31. The number of amides is 1. The molecule has 0 bridgehead atoms. The Kier molecular flexibility index (Phi) is 6.62. The summed E-state index contributed by atoms with van der Waals surface area (Å²) in [4.78, 5) is 16.8. The molecule has 0 fully saturated rings. The van der Waals surface area contributed by atoms with E-state index >= 15 is 0 Å². The van der Waals surface area contributed by atoms with Crippen molar-refractivity contribution in [1.82, 2.24) is 4.98 Å². The number of nitrogens with two attached hydrogens (primary N) is 1. The van der Waals surface area contributed by atoms with Gasteiger partial charge in [-0.3, -0.25) is 4.79 Å². The normalized spacial score (nSPS) is 15.7.